The highest BCUT2D eigenvalue weighted by atomic mass is 19.2. The van der Waals surface area contributed by atoms with E-state index >= 15 is 0 Å². The molecule has 29 heavy (non-hydrogen) atoms. The number of ether oxygens (including phenoxy) is 2. The van der Waals surface area contributed by atoms with Crippen molar-refractivity contribution in [1.29, 1.82) is 0 Å². The van der Waals surface area contributed by atoms with E-state index in [0.717, 1.165) is 4.90 Å². The van der Waals surface area contributed by atoms with Gasteiger partial charge in [0.1, 0.15) is 11.5 Å². The van der Waals surface area contributed by atoms with Gasteiger partial charge in [-0.2, -0.15) is 0 Å². The van der Waals surface area contributed by atoms with Gasteiger partial charge in [0.25, 0.3) is 0 Å². The molecule has 2 heterocycles. The lowest BCUT2D eigenvalue weighted by atomic mass is 9.76. The van der Waals surface area contributed by atoms with Gasteiger partial charge in [-0.25, -0.2) is 23.5 Å². The molecule has 2 aliphatic heterocycles. The van der Waals surface area contributed by atoms with Gasteiger partial charge in [0.05, 0.1) is 26.2 Å². The molecule has 2 saturated heterocycles. The molecule has 2 aliphatic rings. The highest BCUT2D eigenvalue weighted by Crippen LogP contribution is 2.32. The van der Waals surface area contributed by atoms with Crippen LogP contribution in [0.25, 0.3) is 0 Å². The summed E-state index contributed by atoms with van der Waals surface area (Å²) >= 11 is 0. The number of piperazine rings is 1. The Labute approximate surface area is 168 Å². The van der Waals surface area contributed by atoms with Crippen molar-refractivity contribution in [2.24, 2.45) is 0 Å². The zero-order chi connectivity index (χ0) is 21.0. The maximum atomic E-state index is 14.5. The zero-order valence-corrected chi connectivity index (χ0v) is 16.4. The summed E-state index contributed by atoms with van der Waals surface area (Å²) in [6.45, 7) is 1.75. The molecule has 160 valence electrons. The molecule has 3 rings (SSSR count). The Morgan fingerprint density at radius 1 is 1.31 bits per heavy atom. The minimum atomic E-state index is -1.59. The molecule has 2 fully saturated rings. The first-order chi connectivity index (χ1) is 13.9. The molecule has 0 spiro atoms. The van der Waals surface area contributed by atoms with E-state index in [1.165, 1.54) is 12.1 Å². The van der Waals surface area contributed by atoms with E-state index in [-0.39, 0.29) is 32.8 Å². The molecule has 2 N–H and O–H groups in total. The van der Waals surface area contributed by atoms with Gasteiger partial charge in [0, 0.05) is 13.7 Å². The number of benzene rings is 1. The average Bonchev–Trinajstić information content (AvgIpc) is 3.14. The lowest BCUT2D eigenvalue weighted by molar-refractivity contribution is -0.145. The minimum absolute atomic E-state index is 0.117. The quantitative estimate of drug-likeness (QED) is 0.649. The zero-order valence-electron chi connectivity index (χ0n) is 16.4. The Morgan fingerprint density at radius 2 is 1.97 bits per heavy atom. The van der Waals surface area contributed by atoms with Crippen LogP contribution in [0.1, 0.15) is 12.5 Å². The van der Waals surface area contributed by atoms with E-state index in [0.29, 0.717) is 5.56 Å². The Balaban J connectivity index is 1.75. The van der Waals surface area contributed by atoms with Crippen LogP contribution in [0.2, 0.25) is 0 Å². The summed E-state index contributed by atoms with van der Waals surface area (Å²) in [6.07, 6.45) is -4.56. The topological polar surface area (TPSA) is 83.1 Å². The summed E-state index contributed by atoms with van der Waals surface area (Å²) in [5, 5.41) is 3.78. The highest BCUT2D eigenvalue weighted by molar-refractivity contribution is 5.89. The number of nitrogens with one attached hydrogen (secondary N) is 2. The third kappa shape index (κ3) is 4.49. The number of hydrogen-bond donors (Lipinski definition) is 2. The maximum Gasteiger partial charge on any atom is 0.407 e. The number of alkyl carbamates (subject to hydrolysis) is 1. The van der Waals surface area contributed by atoms with Crippen molar-refractivity contribution < 1.29 is 27.8 Å². The summed E-state index contributed by atoms with van der Waals surface area (Å²) in [4.78, 5) is 25.9. The number of carbonyl (C=O) groups excluding carboxylic acids is 2. The van der Waals surface area contributed by atoms with E-state index in [2.05, 4.69) is 10.7 Å². The number of hydrogen-bond acceptors (Lipinski definition) is 6. The second-order valence-corrected chi connectivity index (χ2v) is 7.29. The third-order valence-electron chi connectivity index (χ3n) is 5.45. The molecular formula is C19H26F2N4O4. The van der Waals surface area contributed by atoms with E-state index in [9.17, 15) is 18.4 Å². The number of alkyl halides is 2. The van der Waals surface area contributed by atoms with Crippen molar-refractivity contribution >= 4 is 12.0 Å². The number of halogens is 2. The van der Waals surface area contributed by atoms with E-state index in [1.807, 2.05) is 0 Å². The van der Waals surface area contributed by atoms with Crippen molar-refractivity contribution in [2.45, 2.75) is 31.0 Å². The number of rotatable bonds is 7. The molecule has 8 nitrogen and oxygen atoms in total. The van der Waals surface area contributed by atoms with Crippen LogP contribution in [0.4, 0.5) is 13.6 Å². The standard InChI is InChI=1S/C19H26F2N4O4/c1-19(13-6-4-3-5-7-13,14-10-22-18(27)29-14)17(26)23-24-11-15(20)25(8-9-28-2)16(21)12-24/h3-7,14-16H,8-12H2,1-2H3,(H,22,27)(H,23,26). The van der Waals surface area contributed by atoms with Gasteiger partial charge in [0.15, 0.2) is 12.6 Å². The predicted molar refractivity (Wildman–Crippen MR) is 100 cm³/mol. The average molecular weight is 412 g/mol. The first kappa shape index (κ1) is 21.4. The molecule has 0 aliphatic carbocycles. The molecule has 4 unspecified atom stereocenters. The molecule has 0 saturated carbocycles. The van der Waals surface area contributed by atoms with Crippen LogP contribution < -0.4 is 10.7 Å². The normalized spacial score (nSPS) is 27.7. The number of nitrogens with zero attached hydrogens (tertiary/aromatic N) is 2. The number of carbonyl (C=O) groups is 2. The molecule has 1 aromatic carbocycles. The van der Waals surface area contributed by atoms with Gasteiger partial charge in [-0.3, -0.25) is 10.2 Å². The van der Waals surface area contributed by atoms with E-state index in [4.69, 9.17) is 9.47 Å². The SMILES string of the molecule is COCCN1C(F)CN(NC(=O)C(C)(c2ccccc2)C2CNC(=O)O2)CC1F. The smallest absolute Gasteiger partial charge is 0.407 e. The van der Waals surface area contributed by atoms with Crippen LogP contribution in [-0.4, -0.2) is 80.5 Å². The first-order valence-electron chi connectivity index (χ1n) is 9.45. The highest BCUT2D eigenvalue weighted by Gasteiger charge is 2.49. The number of methoxy groups -OCH3 is 1. The second-order valence-electron chi connectivity index (χ2n) is 7.29. The van der Waals surface area contributed by atoms with E-state index in [1.54, 1.807) is 37.3 Å². The fourth-order valence-corrected chi connectivity index (χ4v) is 3.61. The van der Waals surface area contributed by atoms with Crippen molar-refractivity contribution in [3.8, 4) is 0 Å². The second kappa shape index (κ2) is 9.02. The lowest BCUT2D eigenvalue weighted by Crippen LogP contribution is -2.63. The van der Waals surface area contributed by atoms with Crippen LogP contribution in [0.15, 0.2) is 30.3 Å². The van der Waals surface area contributed by atoms with Crippen LogP contribution in [0.5, 0.6) is 0 Å². The van der Waals surface area contributed by atoms with Crippen LogP contribution in [-0.2, 0) is 19.7 Å². The van der Waals surface area contributed by atoms with Crippen LogP contribution in [0.3, 0.4) is 0 Å². The molecule has 0 aromatic heterocycles. The molecule has 1 aromatic rings. The first-order valence-corrected chi connectivity index (χ1v) is 9.45. The summed E-state index contributed by atoms with van der Waals surface area (Å²) in [7, 11) is 1.46. The lowest BCUT2D eigenvalue weighted by Gasteiger charge is -2.41. The Morgan fingerprint density at radius 3 is 2.52 bits per heavy atom. The van der Waals surface area contributed by atoms with Gasteiger partial charge in [0.2, 0.25) is 5.91 Å². The van der Waals surface area contributed by atoms with Crippen LogP contribution in [0, 0.1) is 0 Å². The Bertz CT molecular complexity index is 713. The number of cyclic esters (lactones) is 1. The minimum Gasteiger partial charge on any atom is -0.443 e. The van der Waals surface area contributed by atoms with Gasteiger partial charge >= 0.3 is 6.09 Å². The Hall–Kier alpha value is -2.30. The van der Waals surface area contributed by atoms with Gasteiger partial charge in [-0.1, -0.05) is 30.3 Å². The molecule has 0 bridgehead atoms. The molecule has 4 atom stereocenters. The summed E-state index contributed by atoms with van der Waals surface area (Å²) in [6, 6.07) is 8.86. The Kier molecular flexibility index (Phi) is 6.66. The van der Waals surface area contributed by atoms with Gasteiger partial charge < -0.3 is 14.8 Å². The van der Waals surface area contributed by atoms with Gasteiger partial charge in [-0.15, -0.1) is 0 Å². The van der Waals surface area contributed by atoms with E-state index < -0.39 is 36.1 Å². The molecule has 0 radical (unpaired) electrons. The largest absolute Gasteiger partial charge is 0.443 e. The number of hydrazine groups is 1. The van der Waals surface area contributed by atoms with Crippen LogP contribution >= 0.6 is 0 Å². The third-order valence-corrected chi connectivity index (χ3v) is 5.45. The van der Waals surface area contributed by atoms with Crippen molar-refractivity contribution in [3.63, 3.8) is 0 Å². The summed E-state index contributed by atoms with van der Waals surface area (Å²) in [5.74, 6) is -0.505. The predicted octanol–water partition coefficient (Wildman–Crippen LogP) is 0.939. The maximum absolute atomic E-state index is 14.5. The fraction of sp³-hybridized carbons (Fsp3) is 0.579. The summed E-state index contributed by atoms with van der Waals surface area (Å²) < 4.78 is 39.1. The van der Waals surface area contributed by atoms with Crippen molar-refractivity contribution in [3.05, 3.63) is 35.9 Å². The molecular weight excluding hydrogens is 386 g/mol. The van der Waals surface area contributed by atoms with Crippen molar-refractivity contribution in [1.82, 2.24) is 20.7 Å². The monoisotopic (exact) mass is 412 g/mol. The number of amides is 2. The summed E-state index contributed by atoms with van der Waals surface area (Å²) in [5.41, 5.74) is 2.01. The molecule has 2 amide bonds. The fourth-order valence-electron chi connectivity index (χ4n) is 3.61. The molecule has 10 heteroatoms. The van der Waals surface area contributed by atoms with Gasteiger partial charge in [-0.05, 0) is 12.5 Å². The van der Waals surface area contributed by atoms with Crippen molar-refractivity contribution in [2.75, 3.05) is 39.9 Å².